The Balaban J connectivity index is 2.34. The van der Waals surface area contributed by atoms with E-state index in [1.54, 1.807) is 7.11 Å². The molecule has 0 saturated carbocycles. The molecule has 0 bridgehead atoms. The van der Waals surface area contributed by atoms with Crippen molar-refractivity contribution in [1.82, 2.24) is 0 Å². The topological polar surface area (TPSA) is 27.7 Å². The lowest BCUT2D eigenvalue weighted by molar-refractivity contribution is -0.141. The van der Waals surface area contributed by atoms with Crippen molar-refractivity contribution >= 4 is 10.5 Å². The average molecular weight is 218 g/mol. The van der Waals surface area contributed by atoms with E-state index in [9.17, 15) is 0 Å². The summed E-state index contributed by atoms with van der Waals surface area (Å²) in [7, 11) is 2.61. The van der Waals surface area contributed by atoms with Crippen molar-refractivity contribution in [3.8, 4) is 0 Å². The smallest absolute Gasteiger partial charge is 0.145 e. The Morgan fingerprint density at radius 2 is 2.00 bits per heavy atom. The van der Waals surface area contributed by atoms with Crippen molar-refractivity contribution in [2.45, 2.75) is 19.8 Å². The van der Waals surface area contributed by atoms with Crippen LogP contribution in [0.5, 0.6) is 0 Å². The van der Waals surface area contributed by atoms with Crippen molar-refractivity contribution in [3.05, 3.63) is 0 Å². The molecule has 0 radical (unpaired) electrons. The third-order valence-electron chi connectivity index (χ3n) is 3.19. The first-order valence-electron chi connectivity index (χ1n) is 5.28. The normalized spacial score (nSPS) is 21.9. The van der Waals surface area contributed by atoms with Gasteiger partial charge in [0.05, 0.1) is 13.2 Å². The molecule has 4 heteroatoms. The van der Waals surface area contributed by atoms with E-state index in [4.69, 9.17) is 13.9 Å². The van der Waals surface area contributed by atoms with E-state index in [-0.39, 0.29) is 0 Å². The second-order valence-corrected chi connectivity index (χ2v) is 4.98. The zero-order valence-corrected chi connectivity index (χ0v) is 11.5. The van der Waals surface area contributed by atoms with Gasteiger partial charge >= 0.3 is 0 Å². The predicted molar refractivity (Wildman–Crippen MR) is 59.4 cm³/mol. The molecule has 0 aliphatic carbocycles. The molecule has 1 unspecified atom stereocenters. The Morgan fingerprint density at radius 3 is 2.43 bits per heavy atom. The number of methoxy groups -OCH3 is 1. The molecule has 1 aliphatic rings. The highest BCUT2D eigenvalue weighted by atomic mass is 28.2. The maximum Gasteiger partial charge on any atom is 0.145 e. The molecule has 1 saturated heterocycles. The first-order valence-corrected chi connectivity index (χ1v) is 6.10. The number of rotatable bonds is 7. The van der Waals surface area contributed by atoms with Gasteiger partial charge in [-0.15, -0.1) is 0 Å². The Morgan fingerprint density at radius 1 is 1.36 bits per heavy atom. The van der Waals surface area contributed by atoms with Gasteiger partial charge in [0.2, 0.25) is 0 Å². The summed E-state index contributed by atoms with van der Waals surface area (Å²) in [5.41, 5.74) is 0.374. The van der Waals surface area contributed by atoms with Crippen molar-refractivity contribution in [1.29, 1.82) is 0 Å². The van der Waals surface area contributed by atoms with Gasteiger partial charge in [0.25, 0.3) is 0 Å². The van der Waals surface area contributed by atoms with Gasteiger partial charge in [-0.05, 0) is 18.8 Å². The molecule has 1 fully saturated rings. The predicted octanol–water partition coefficient (Wildman–Crippen LogP) is 0.363. The summed E-state index contributed by atoms with van der Waals surface area (Å²) >= 11 is 0. The van der Waals surface area contributed by atoms with Crippen LogP contribution in [0.4, 0.5) is 0 Å². The van der Waals surface area contributed by atoms with Crippen molar-refractivity contribution < 1.29 is 13.9 Å². The Bertz CT molecular complexity index is 151. The monoisotopic (exact) mass is 218 g/mol. The largest absolute Gasteiger partial charge is 0.428 e. The minimum Gasteiger partial charge on any atom is -0.428 e. The van der Waals surface area contributed by atoms with E-state index in [2.05, 4.69) is 6.92 Å². The van der Waals surface area contributed by atoms with Crippen molar-refractivity contribution in [2.75, 3.05) is 33.5 Å². The summed E-state index contributed by atoms with van der Waals surface area (Å²) in [5.74, 6) is 0.685. The van der Waals surface area contributed by atoms with Gasteiger partial charge in [-0.1, -0.05) is 6.92 Å². The Labute approximate surface area is 89.7 Å². The van der Waals surface area contributed by atoms with Crippen LogP contribution in [0.15, 0.2) is 0 Å². The average Bonchev–Trinajstić information content (AvgIpc) is 2.15. The quantitative estimate of drug-likeness (QED) is 0.578. The van der Waals surface area contributed by atoms with Crippen LogP contribution in [0, 0.1) is 11.3 Å². The fourth-order valence-electron chi connectivity index (χ4n) is 2.02. The minimum atomic E-state index is 0.374. The van der Waals surface area contributed by atoms with E-state index in [0.717, 1.165) is 49.8 Å². The van der Waals surface area contributed by atoms with E-state index in [0.29, 0.717) is 11.3 Å². The van der Waals surface area contributed by atoms with Crippen molar-refractivity contribution in [2.24, 2.45) is 11.3 Å². The lowest BCUT2D eigenvalue weighted by Gasteiger charge is -2.44. The molecule has 0 aromatic rings. The molecule has 1 rings (SSSR count). The fourth-order valence-corrected chi connectivity index (χ4v) is 2.26. The van der Waals surface area contributed by atoms with E-state index < -0.39 is 0 Å². The highest BCUT2D eigenvalue weighted by Crippen LogP contribution is 2.39. The third-order valence-corrected chi connectivity index (χ3v) is 3.60. The van der Waals surface area contributed by atoms with Gasteiger partial charge in [0.15, 0.2) is 0 Å². The van der Waals surface area contributed by atoms with Crippen molar-refractivity contribution in [3.63, 3.8) is 0 Å². The summed E-state index contributed by atoms with van der Waals surface area (Å²) in [4.78, 5) is 0. The van der Waals surface area contributed by atoms with Crippen LogP contribution >= 0.6 is 0 Å². The summed E-state index contributed by atoms with van der Waals surface area (Å²) in [6.07, 6.45) is 2.27. The fraction of sp³-hybridized carbons (Fsp3) is 1.00. The van der Waals surface area contributed by atoms with Gasteiger partial charge in [-0.3, -0.25) is 0 Å². The van der Waals surface area contributed by atoms with Gasteiger partial charge < -0.3 is 13.9 Å². The summed E-state index contributed by atoms with van der Waals surface area (Å²) in [6.45, 7) is 5.87. The van der Waals surface area contributed by atoms with Gasteiger partial charge in [0.1, 0.15) is 10.5 Å². The molecule has 1 aliphatic heterocycles. The maximum atomic E-state index is 5.31. The molecule has 0 N–H and O–H groups in total. The van der Waals surface area contributed by atoms with Crippen LogP contribution in [0.25, 0.3) is 0 Å². The Hall–Kier alpha value is 0.0969. The van der Waals surface area contributed by atoms with Crippen LogP contribution in [-0.2, 0) is 13.9 Å². The first-order chi connectivity index (χ1) is 6.73. The molecular weight excluding hydrogens is 196 g/mol. The molecule has 14 heavy (non-hydrogen) atoms. The van der Waals surface area contributed by atoms with E-state index in [1.807, 2.05) is 0 Å². The van der Waals surface area contributed by atoms with Gasteiger partial charge in [0, 0.05) is 25.7 Å². The van der Waals surface area contributed by atoms with Gasteiger partial charge in [-0.25, -0.2) is 0 Å². The standard InChI is InChI=1S/C10H22O3Si/c1-10(7-12-8-10)9(3-5-11-2)4-6-13-14/h9H,3-8H2,1-2,14H3. The minimum absolute atomic E-state index is 0.374. The molecule has 84 valence electrons. The molecule has 0 amide bonds. The van der Waals surface area contributed by atoms with Crippen LogP contribution in [0.3, 0.4) is 0 Å². The second-order valence-electron chi connectivity index (χ2n) is 4.41. The van der Waals surface area contributed by atoms with E-state index in [1.165, 1.54) is 0 Å². The lowest BCUT2D eigenvalue weighted by Crippen LogP contribution is -2.46. The molecule has 0 aromatic heterocycles. The zero-order chi connectivity index (χ0) is 10.4. The molecule has 1 atom stereocenters. The van der Waals surface area contributed by atoms with Crippen LogP contribution < -0.4 is 0 Å². The maximum absolute atomic E-state index is 5.31. The molecule has 3 nitrogen and oxygen atoms in total. The highest BCUT2D eigenvalue weighted by Gasteiger charge is 2.40. The third kappa shape index (κ3) is 3.05. The molecule has 1 heterocycles. The van der Waals surface area contributed by atoms with Gasteiger partial charge in [-0.2, -0.15) is 0 Å². The van der Waals surface area contributed by atoms with E-state index >= 15 is 0 Å². The van der Waals surface area contributed by atoms with Crippen LogP contribution in [0.1, 0.15) is 19.8 Å². The summed E-state index contributed by atoms with van der Waals surface area (Å²) in [5, 5.41) is 0. The Kier molecular flexibility index (Phi) is 5.09. The molecule has 0 spiro atoms. The van der Waals surface area contributed by atoms with Crippen LogP contribution in [-0.4, -0.2) is 44.0 Å². The zero-order valence-electron chi connectivity index (χ0n) is 9.54. The molecular formula is C10H22O3Si. The molecule has 0 aromatic carbocycles. The second kappa shape index (κ2) is 5.85. The number of hydrogen-bond donors (Lipinski definition) is 0. The number of hydrogen-bond acceptors (Lipinski definition) is 3. The van der Waals surface area contributed by atoms with Crippen LogP contribution in [0.2, 0.25) is 0 Å². The highest BCUT2D eigenvalue weighted by molar-refractivity contribution is 5.97. The number of ether oxygens (including phenoxy) is 2. The summed E-state index contributed by atoms with van der Waals surface area (Å²) < 4.78 is 15.7. The summed E-state index contributed by atoms with van der Waals surface area (Å²) in [6, 6.07) is 0. The SMILES string of the molecule is COCCC(CCO[SiH3])C1(C)COC1. The lowest BCUT2D eigenvalue weighted by atomic mass is 9.72. The first kappa shape index (κ1) is 12.2.